The van der Waals surface area contributed by atoms with Gasteiger partial charge in [0.05, 0.1) is 6.04 Å². The predicted octanol–water partition coefficient (Wildman–Crippen LogP) is 1.65. The Bertz CT molecular complexity index is 403. The molecule has 17 heavy (non-hydrogen) atoms. The van der Waals surface area contributed by atoms with E-state index < -0.39 is 0 Å². The number of carbonyl (C=O) groups excluding carboxylic acids is 2. The highest BCUT2D eigenvalue weighted by molar-refractivity contribution is 6.30. The smallest absolute Gasteiger partial charge is 0.217 e. The molecule has 0 heterocycles. The summed E-state index contributed by atoms with van der Waals surface area (Å²) in [6.07, 6.45) is 0. The fourth-order valence-corrected chi connectivity index (χ4v) is 1.56. The van der Waals surface area contributed by atoms with E-state index in [1.807, 2.05) is 12.1 Å². The van der Waals surface area contributed by atoms with Crippen LogP contribution >= 0.6 is 11.6 Å². The first kappa shape index (κ1) is 13.5. The molecule has 0 fully saturated rings. The minimum Gasteiger partial charge on any atom is -0.354 e. The molecular formula is C12H15ClN2O2. The first-order chi connectivity index (χ1) is 7.99. The molecule has 92 valence electrons. The minimum absolute atomic E-state index is 0.130. The SMILES string of the molecule is CC(=O)NCC(NC(C)=O)c1ccc(Cl)cc1. The Kier molecular flexibility index (Phi) is 4.97. The van der Waals surface area contributed by atoms with Crippen LogP contribution in [0.3, 0.4) is 0 Å². The number of nitrogens with one attached hydrogen (secondary N) is 2. The van der Waals surface area contributed by atoms with E-state index >= 15 is 0 Å². The molecule has 0 saturated carbocycles. The van der Waals surface area contributed by atoms with Crippen LogP contribution in [0.15, 0.2) is 24.3 Å². The van der Waals surface area contributed by atoms with Crippen molar-refractivity contribution in [2.75, 3.05) is 6.54 Å². The molecule has 1 aromatic carbocycles. The van der Waals surface area contributed by atoms with Gasteiger partial charge in [-0.1, -0.05) is 23.7 Å². The maximum absolute atomic E-state index is 11.1. The van der Waals surface area contributed by atoms with Gasteiger partial charge in [-0.2, -0.15) is 0 Å². The molecule has 0 aliphatic heterocycles. The van der Waals surface area contributed by atoms with Gasteiger partial charge in [0.1, 0.15) is 0 Å². The average molecular weight is 255 g/mol. The Morgan fingerprint density at radius 2 is 1.76 bits per heavy atom. The molecule has 0 saturated heterocycles. The standard InChI is InChI=1S/C12H15ClN2O2/c1-8(16)14-7-12(15-9(2)17)10-3-5-11(13)6-4-10/h3-6,12H,7H2,1-2H3,(H,14,16)(H,15,17). The second-order valence-electron chi connectivity index (χ2n) is 3.74. The molecule has 0 spiro atoms. The summed E-state index contributed by atoms with van der Waals surface area (Å²) in [4.78, 5) is 22.0. The van der Waals surface area contributed by atoms with E-state index in [1.54, 1.807) is 12.1 Å². The lowest BCUT2D eigenvalue weighted by Gasteiger charge is -2.18. The highest BCUT2D eigenvalue weighted by Gasteiger charge is 2.12. The van der Waals surface area contributed by atoms with Crippen LogP contribution in [0.1, 0.15) is 25.5 Å². The summed E-state index contributed by atoms with van der Waals surface area (Å²) in [7, 11) is 0. The molecule has 0 aliphatic carbocycles. The Hall–Kier alpha value is -1.55. The molecule has 1 rings (SSSR count). The summed E-state index contributed by atoms with van der Waals surface area (Å²) in [5.41, 5.74) is 0.901. The van der Waals surface area contributed by atoms with Gasteiger partial charge >= 0.3 is 0 Å². The predicted molar refractivity (Wildman–Crippen MR) is 66.7 cm³/mol. The number of rotatable bonds is 4. The van der Waals surface area contributed by atoms with Crippen molar-refractivity contribution in [2.45, 2.75) is 19.9 Å². The van der Waals surface area contributed by atoms with E-state index in [-0.39, 0.29) is 17.9 Å². The van der Waals surface area contributed by atoms with Gasteiger partial charge in [0, 0.05) is 25.4 Å². The van der Waals surface area contributed by atoms with Crippen LogP contribution in [0.4, 0.5) is 0 Å². The van der Waals surface area contributed by atoms with E-state index in [0.717, 1.165) is 5.56 Å². The molecule has 0 aromatic heterocycles. The van der Waals surface area contributed by atoms with Crippen molar-refractivity contribution < 1.29 is 9.59 Å². The molecule has 0 bridgehead atoms. The number of hydrogen-bond donors (Lipinski definition) is 2. The number of carbonyl (C=O) groups is 2. The van der Waals surface area contributed by atoms with Gasteiger partial charge in [-0.25, -0.2) is 0 Å². The van der Waals surface area contributed by atoms with E-state index in [1.165, 1.54) is 13.8 Å². The van der Waals surface area contributed by atoms with Gasteiger partial charge in [0.25, 0.3) is 0 Å². The molecular weight excluding hydrogens is 240 g/mol. The summed E-state index contributed by atoms with van der Waals surface area (Å²) < 4.78 is 0. The van der Waals surface area contributed by atoms with Gasteiger partial charge < -0.3 is 10.6 Å². The number of amides is 2. The Morgan fingerprint density at radius 3 is 2.24 bits per heavy atom. The fraction of sp³-hybridized carbons (Fsp3) is 0.333. The van der Waals surface area contributed by atoms with Crippen LogP contribution in [0.5, 0.6) is 0 Å². The molecule has 2 N–H and O–H groups in total. The summed E-state index contributed by atoms with van der Waals surface area (Å²) in [6.45, 7) is 3.24. The monoisotopic (exact) mass is 254 g/mol. The van der Waals surface area contributed by atoms with Gasteiger partial charge in [-0.05, 0) is 17.7 Å². The highest BCUT2D eigenvalue weighted by atomic mass is 35.5. The van der Waals surface area contributed by atoms with E-state index in [0.29, 0.717) is 11.6 Å². The zero-order chi connectivity index (χ0) is 12.8. The third kappa shape index (κ3) is 4.87. The van der Waals surface area contributed by atoms with Crippen LogP contribution in [-0.2, 0) is 9.59 Å². The zero-order valence-electron chi connectivity index (χ0n) is 9.79. The first-order valence-electron chi connectivity index (χ1n) is 5.26. The van der Waals surface area contributed by atoms with Crippen molar-refractivity contribution in [3.63, 3.8) is 0 Å². The summed E-state index contributed by atoms with van der Waals surface area (Å²) in [6, 6.07) is 6.91. The lowest BCUT2D eigenvalue weighted by Crippen LogP contribution is -2.36. The molecule has 1 atom stereocenters. The lowest BCUT2D eigenvalue weighted by molar-refractivity contribution is -0.121. The van der Waals surface area contributed by atoms with E-state index in [9.17, 15) is 9.59 Å². The maximum Gasteiger partial charge on any atom is 0.217 e. The number of benzene rings is 1. The molecule has 4 nitrogen and oxygen atoms in total. The Morgan fingerprint density at radius 1 is 1.18 bits per heavy atom. The molecule has 2 amide bonds. The highest BCUT2D eigenvalue weighted by Crippen LogP contribution is 2.16. The molecule has 5 heteroatoms. The van der Waals surface area contributed by atoms with E-state index in [4.69, 9.17) is 11.6 Å². The van der Waals surface area contributed by atoms with Crippen molar-refractivity contribution in [2.24, 2.45) is 0 Å². The summed E-state index contributed by atoms with van der Waals surface area (Å²) in [5, 5.41) is 6.09. The molecule has 1 aromatic rings. The normalized spacial score (nSPS) is 11.7. The van der Waals surface area contributed by atoms with Crippen LogP contribution in [-0.4, -0.2) is 18.4 Å². The summed E-state index contributed by atoms with van der Waals surface area (Å²) in [5.74, 6) is -0.274. The maximum atomic E-state index is 11.1. The molecule has 1 unspecified atom stereocenters. The number of hydrogen-bond acceptors (Lipinski definition) is 2. The lowest BCUT2D eigenvalue weighted by atomic mass is 10.1. The van der Waals surface area contributed by atoms with Crippen LogP contribution in [0.25, 0.3) is 0 Å². The van der Waals surface area contributed by atoms with Crippen molar-refractivity contribution in [3.8, 4) is 0 Å². The van der Waals surface area contributed by atoms with Gasteiger partial charge in [0.2, 0.25) is 11.8 Å². The van der Waals surface area contributed by atoms with Crippen molar-refractivity contribution in [1.82, 2.24) is 10.6 Å². The van der Waals surface area contributed by atoms with Gasteiger partial charge in [-0.15, -0.1) is 0 Å². The largest absolute Gasteiger partial charge is 0.354 e. The third-order valence-corrected chi connectivity index (χ3v) is 2.46. The Balaban J connectivity index is 2.77. The first-order valence-corrected chi connectivity index (χ1v) is 5.64. The van der Waals surface area contributed by atoms with Crippen molar-refractivity contribution in [3.05, 3.63) is 34.9 Å². The number of halogens is 1. The zero-order valence-corrected chi connectivity index (χ0v) is 10.5. The van der Waals surface area contributed by atoms with Gasteiger partial charge in [-0.3, -0.25) is 9.59 Å². The average Bonchev–Trinajstić information content (AvgIpc) is 2.25. The van der Waals surface area contributed by atoms with Crippen LogP contribution in [0, 0.1) is 0 Å². The second kappa shape index (κ2) is 6.25. The fourth-order valence-electron chi connectivity index (χ4n) is 1.44. The third-order valence-electron chi connectivity index (χ3n) is 2.20. The van der Waals surface area contributed by atoms with Crippen molar-refractivity contribution >= 4 is 23.4 Å². The molecule has 0 radical (unpaired) electrons. The van der Waals surface area contributed by atoms with Crippen LogP contribution in [0.2, 0.25) is 5.02 Å². The topological polar surface area (TPSA) is 58.2 Å². The van der Waals surface area contributed by atoms with Gasteiger partial charge in [0.15, 0.2) is 0 Å². The summed E-state index contributed by atoms with van der Waals surface area (Å²) >= 11 is 5.79. The van der Waals surface area contributed by atoms with E-state index in [2.05, 4.69) is 10.6 Å². The molecule has 0 aliphatic rings. The van der Waals surface area contributed by atoms with Crippen molar-refractivity contribution in [1.29, 1.82) is 0 Å². The second-order valence-corrected chi connectivity index (χ2v) is 4.18. The Labute approximate surface area is 105 Å². The minimum atomic E-state index is -0.242. The van der Waals surface area contributed by atoms with Crippen LogP contribution < -0.4 is 10.6 Å². The quantitative estimate of drug-likeness (QED) is 0.859.